The van der Waals surface area contributed by atoms with Gasteiger partial charge in [-0.15, -0.1) is 0 Å². The SMILES string of the molecule is CC(O)C(=O)OC(=O)Cc1cccc(C(F)(F)F)c1. The van der Waals surface area contributed by atoms with Gasteiger partial charge < -0.3 is 9.84 Å². The number of alkyl halides is 3. The van der Waals surface area contributed by atoms with Gasteiger partial charge >= 0.3 is 18.1 Å². The molecule has 4 nitrogen and oxygen atoms in total. The molecule has 0 radical (unpaired) electrons. The van der Waals surface area contributed by atoms with Gasteiger partial charge in [-0.25, -0.2) is 4.79 Å². The molecule has 19 heavy (non-hydrogen) atoms. The van der Waals surface area contributed by atoms with Crippen LogP contribution in [-0.2, 0) is 26.9 Å². The van der Waals surface area contributed by atoms with Gasteiger partial charge in [-0.3, -0.25) is 4.79 Å². The van der Waals surface area contributed by atoms with Gasteiger partial charge in [0.25, 0.3) is 0 Å². The number of rotatable bonds is 3. The molecule has 1 unspecified atom stereocenters. The fourth-order valence-electron chi connectivity index (χ4n) is 1.26. The van der Waals surface area contributed by atoms with Gasteiger partial charge in [-0.2, -0.15) is 13.2 Å². The molecule has 1 rings (SSSR count). The van der Waals surface area contributed by atoms with Gasteiger partial charge in [0.1, 0.15) is 6.10 Å². The summed E-state index contributed by atoms with van der Waals surface area (Å²) in [5.41, 5.74) is -0.821. The van der Waals surface area contributed by atoms with Crippen LogP contribution in [0.5, 0.6) is 0 Å². The molecule has 0 saturated heterocycles. The molecule has 0 heterocycles. The highest BCUT2D eigenvalue weighted by atomic mass is 19.4. The Balaban J connectivity index is 2.73. The van der Waals surface area contributed by atoms with Crippen molar-refractivity contribution >= 4 is 11.9 Å². The number of carbonyl (C=O) groups is 2. The third-order valence-corrected chi connectivity index (χ3v) is 2.16. The first-order valence-electron chi connectivity index (χ1n) is 5.29. The molecule has 0 bridgehead atoms. The second-order valence-corrected chi connectivity index (χ2v) is 3.84. The molecular weight excluding hydrogens is 265 g/mol. The predicted molar refractivity (Wildman–Crippen MR) is 57.9 cm³/mol. The molecule has 0 aromatic heterocycles. The van der Waals surface area contributed by atoms with E-state index in [9.17, 15) is 22.8 Å². The van der Waals surface area contributed by atoms with E-state index in [0.29, 0.717) is 0 Å². The first-order chi connectivity index (χ1) is 8.70. The van der Waals surface area contributed by atoms with Crippen LogP contribution in [0.3, 0.4) is 0 Å². The summed E-state index contributed by atoms with van der Waals surface area (Å²) < 4.78 is 41.5. The van der Waals surface area contributed by atoms with Crippen LogP contribution in [0.1, 0.15) is 18.1 Å². The Labute approximate surface area is 106 Å². The number of esters is 2. The number of hydrogen-bond acceptors (Lipinski definition) is 4. The number of aliphatic hydroxyl groups is 1. The fourth-order valence-corrected chi connectivity index (χ4v) is 1.26. The minimum absolute atomic E-state index is 0.0678. The summed E-state index contributed by atoms with van der Waals surface area (Å²) >= 11 is 0. The average Bonchev–Trinajstić information content (AvgIpc) is 2.27. The summed E-state index contributed by atoms with van der Waals surface area (Å²) in [6.07, 6.45) is -6.46. The molecule has 1 atom stereocenters. The van der Waals surface area contributed by atoms with E-state index in [1.165, 1.54) is 6.07 Å². The standard InChI is InChI=1S/C12H11F3O4/c1-7(16)11(18)19-10(17)6-8-3-2-4-9(5-8)12(13,14)15/h2-5,7,16H,6H2,1H3. The van der Waals surface area contributed by atoms with Crippen LogP contribution >= 0.6 is 0 Å². The zero-order valence-corrected chi connectivity index (χ0v) is 9.90. The second kappa shape index (κ2) is 5.83. The van der Waals surface area contributed by atoms with Crippen molar-refractivity contribution in [2.24, 2.45) is 0 Å². The quantitative estimate of drug-likeness (QED) is 0.674. The van der Waals surface area contributed by atoms with Crippen LogP contribution in [0.2, 0.25) is 0 Å². The van der Waals surface area contributed by atoms with Crippen LogP contribution in [0.25, 0.3) is 0 Å². The van der Waals surface area contributed by atoms with Crippen molar-refractivity contribution in [3.63, 3.8) is 0 Å². The summed E-state index contributed by atoms with van der Waals surface area (Å²) in [5.74, 6) is -2.16. The summed E-state index contributed by atoms with van der Waals surface area (Å²) in [7, 11) is 0. The zero-order chi connectivity index (χ0) is 14.6. The smallest absolute Gasteiger partial charge is 0.391 e. The molecule has 0 aliphatic rings. The highest BCUT2D eigenvalue weighted by Crippen LogP contribution is 2.29. The van der Waals surface area contributed by atoms with Gasteiger partial charge in [0.15, 0.2) is 0 Å². The summed E-state index contributed by atoms with van der Waals surface area (Å²) in [4.78, 5) is 22.1. The van der Waals surface area contributed by atoms with Gasteiger partial charge in [0, 0.05) is 0 Å². The summed E-state index contributed by atoms with van der Waals surface area (Å²) in [6, 6.07) is 4.13. The number of ether oxygens (including phenoxy) is 1. The maximum atomic E-state index is 12.4. The maximum absolute atomic E-state index is 12.4. The molecule has 0 aliphatic carbocycles. The van der Waals surface area contributed by atoms with Crippen LogP contribution in [0, 0.1) is 0 Å². The van der Waals surface area contributed by atoms with E-state index < -0.39 is 36.2 Å². The van der Waals surface area contributed by atoms with Crippen molar-refractivity contribution in [3.05, 3.63) is 35.4 Å². The van der Waals surface area contributed by atoms with E-state index >= 15 is 0 Å². The Kier molecular flexibility index (Phi) is 4.66. The fraction of sp³-hybridized carbons (Fsp3) is 0.333. The zero-order valence-electron chi connectivity index (χ0n) is 9.90. The number of carbonyl (C=O) groups excluding carboxylic acids is 2. The van der Waals surface area contributed by atoms with E-state index in [4.69, 9.17) is 5.11 Å². The molecule has 104 valence electrons. The van der Waals surface area contributed by atoms with E-state index in [-0.39, 0.29) is 5.56 Å². The van der Waals surface area contributed by atoms with Crippen molar-refractivity contribution in [1.29, 1.82) is 0 Å². The van der Waals surface area contributed by atoms with E-state index in [1.807, 2.05) is 0 Å². The lowest BCUT2D eigenvalue weighted by atomic mass is 10.1. The highest BCUT2D eigenvalue weighted by Gasteiger charge is 2.30. The molecule has 7 heteroatoms. The van der Waals surface area contributed by atoms with Crippen molar-refractivity contribution in [2.75, 3.05) is 0 Å². The van der Waals surface area contributed by atoms with Gasteiger partial charge in [0.2, 0.25) is 0 Å². The Hall–Kier alpha value is -1.89. The molecule has 0 saturated carbocycles. The molecule has 0 amide bonds. The normalized spacial score (nSPS) is 12.9. The highest BCUT2D eigenvalue weighted by molar-refractivity contribution is 5.88. The van der Waals surface area contributed by atoms with E-state index in [0.717, 1.165) is 25.1 Å². The molecular formula is C12H11F3O4. The topological polar surface area (TPSA) is 63.6 Å². The van der Waals surface area contributed by atoms with Crippen LogP contribution in [0.15, 0.2) is 24.3 Å². The second-order valence-electron chi connectivity index (χ2n) is 3.84. The minimum Gasteiger partial charge on any atom is -0.391 e. The molecule has 1 aromatic rings. The lowest BCUT2D eigenvalue weighted by Gasteiger charge is -2.08. The molecule has 0 spiro atoms. The number of hydrogen-bond donors (Lipinski definition) is 1. The summed E-state index contributed by atoms with van der Waals surface area (Å²) in [5, 5.41) is 8.81. The molecule has 0 fully saturated rings. The number of aliphatic hydroxyl groups excluding tert-OH is 1. The van der Waals surface area contributed by atoms with E-state index in [2.05, 4.69) is 4.74 Å². The van der Waals surface area contributed by atoms with Crippen molar-refractivity contribution in [3.8, 4) is 0 Å². The largest absolute Gasteiger partial charge is 0.416 e. The number of halogens is 3. The van der Waals surface area contributed by atoms with Crippen molar-refractivity contribution in [1.82, 2.24) is 0 Å². The van der Waals surface area contributed by atoms with Crippen LogP contribution < -0.4 is 0 Å². The van der Waals surface area contributed by atoms with Crippen LogP contribution in [0.4, 0.5) is 13.2 Å². The molecule has 1 aromatic carbocycles. The molecule has 1 N–H and O–H groups in total. The van der Waals surface area contributed by atoms with Gasteiger partial charge in [-0.1, -0.05) is 18.2 Å². The Morgan fingerprint density at radius 2 is 2.00 bits per heavy atom. The first kappa shape index (κ1) is 15.2. The third kappa shape index (κ3) is 4.70. The predicted octanol–water partition coefficient (Wildman–Crippen LogP) is 1.70. The maximum Gasteiger partial charge on any atom is 0.416 e. The molecule has 0 aliphatic heterocycles. The Morgan fingerprint density at radius 3 is 2.53 bits per heavy atom. The Morgan fingerprint density at radius 1 is 1.37 bits per heavy atom. The lowest BCUT2D eigenvalue weighted by molar-refractivity contribution is -0.164. The average molecular weight is 276 g/mol. The number of benzene rings is 1. The summed E-state index contributed by atoms with van der Waals surface area (Å²) in [6.45, 7) is 1.11. The minimum atomic E-state index is -4.50. The van der Waals surface area contributed by atoms with Gasteiger partial charge in [0.05, 0.1) is 12.0 Å². The van der Waals surface area contributed by atoms with Crippen molar-refractivity contribution in [2.45, 2.75) is 25.6 Å². The van der Waals surface area contributed by atoms with Gasteiger partial charge in [-0.05, 0) is 18.6 Å². The Bertz CT molecular complexity index is 480. The monoisotopic (exact) mass is 276 g/mol. The third-order valence-electron chi connectivity index (χ3n) is 2.16. The first-order valence-corrected chi connectivity index (χ1v) is 5.29. The lowest BCUT2D eigenvalue weighted by Crippen LogP contribution is -2.23. The van der Waals surface area contributed by atoms with E-state index in [1.54, 1.807) is 0 Å². The van der Waals surface area contributed by atoms with Crippen LogP contribution in [-0.4, -0.2) is 23.1 Å². The van der Waals surface area contributed by atoms with Crippen molar-refractivity contribution < 1.29 is 32.6 Å².